The standard InChI is InChI=1S/C20H24N2O5S2/c23-18(24)6-11-27-16-4-2-15(3-5-16)14-17-19(25)22(20(28)29-17)8-1-7-21-9-12-26-13-10-21/h2-5,14H,1,6-13H2,(H,23,24)/b17-14+. The summed E-state index contributed by atoms with van der Waals surface area (Å²) in [5, 5.41) is 8.64. The van der Waals surface area contributed by atoms with Crippen LogP contribution in [-0.2, 0) is 14.3 Å². The topological polar surface area (TPSA) is 79.3 Å². The molecule has 0 spiro atoms. The first-order chi connectivity index (χ1) is 14.0. The number of thiocarbonyl (C=S) groups is 1. The first-order valence-corrected chi connectivity index (χ1v) is 10.8. The first-order valence-electron chi connectivity index (χ1n) is 9.53. The van der Waals surface area contributed by atoms with Gasteiger partial charge in [0.25, 0.3) is 5.91 Å². The Balaban J connectivity index is 1.51. The number of carbonyl (C=O) groups is 2. The molecule has 0 aliphatic carbocycles. The minimum absolute atomic E-state index is 0.0459. The van der Waals surface area contributed by atoms with E-state index in [-0.39, 0.29) is 18.9 Å². The number of morpholine rings is 1. The second-order valence-corrected chi connectivity index (χ2v) is 8.38. The van der Waals surface area contributed by atoms with E-state index < -0.39 is 5.97 Å². The summed E-state index contributed by atoms with van der Waals surface area (Å²) in [5.41, 5.74) is 0.865. The van der Waals surface area contributed by atoms with Crippen molar-refractivity contribution in [2.24, 2.45) is 0 Å². The maximum Gasteiger partial charge on any atom is 0.306 e. The van der Waals surface area contributed by atoms with Gasteiger partial charge < -0.3 is 14.6 Å². The van der Waals surface area contributed by atoms with Crippen molar-refractivity contribution in [2.75, 3.05) is 46.0 Å². The van der Waals surface area contributed by atoms with Crippen molar-refractivity contribution in [3.63, 3.8) is 0 Å². The van der Waals surface area contributed by atoms with E-state index in [4.69, 9.17) is 26.8 Å². The van der Waals surface area contributed by atoms with E-state index in [0.29, 0.717) is 21.5 Å². The van der Waals surface area contributed by atoms with E-state index >= 15 is 0 Å². The second-order valence-electron chi connectivity index (χ2n) is 6.70. The minimum Gasteiger partial charge on any atom is -0.493 e. The molecule has 0 saturated carbocycles. The summed E-state index contributed by atoms with van der Waals surface area (Å²) in [6, 6.07) is 7.19. The molecule has 2 saturated heterocycles. The Morgan fingerprint density at radius 2 is 1.97 bits per heavy atom. The molecule has 0 bridgehead atoms. The molecular formula is C20H24N2O5S2. The molecule has 0 atom stereocenters. The quantitative estimate of drug-likeness (QED) is 0.467. The molecular weight excluding hydrogens is 412 g/mol. The number of hydrogen-bond donors (Lipinski definition) is 1. The maximum absolute atomic E-state index is 12.7. The molecule has 0 radical (unpaired) electrons. The Bertz CT molecular complexity index is 776. The van der Waals surface area contributed by atoms with Crippen molar-refractivity contribution in [1.82, 2.24) is 9.80 Å². The molecule has 156 valence electrons. The predicted octanol–water partition coefficient (Wildman–Crippen LogP) is 2.46. The zero-order valence-electron chi connectivity index (χ0n) is 16.0. The molecule has 2 heterocycles. The lowest BCUT2D eigenvalue weighted by Crippen LogP contribution is -2.38. The Morgan fingerprint density at radius 1 is 1.24 bits per heavy atom. The largest absolute Gasteiger partial charge is 0.493 e. The normalized spacial score (nSPS) is 19.2. The SMILES string of the molecule is O=C(O)CCOc1ccc(/C=C2/SC(=S)N(CCCN3CCOCC3)C2=O)cc1. The van der Waals surface area contributed by atoms with Gasteiger partial charge in [-0.15, -0.1) is 0 Å². The molecule has 1 aromatic carbocycles. The monoisotopic (exact) mass is 436 g/mol. The third kappa shape index (κ3) is 6.53. The number of rotatable bonds is 9. The van der Waals surface area contributed by atoms with Gasteiger partial charge in [-0.2, -0.15) is 0 Å². The summed E-state index contributed by atoms with van der Waals surface area (Å²) in [7, 11) is 0. The van der Waals surface area contributed by atoms with Crippen LogP contribution in [0.1, 0.15) is 18.4 Å². The molecule has 2 fully saturated rings. The van der Waals surface area contributed by atoms with Gasteiger partial charge >= 0.3 is 5.97 Å². The van der Waals surface area contributed by atoms with E-state index in [1.54, 1.807) is 17.0 Å². The number of nitrogens with zero attached hydrogens (tertiary/aromatic N) is 2. The van der Waals surface area contributed by atoms with Crippen LogP contribution in [0.3, 0.4) is 0 Å². The number of ether oxygens (including phenoxy) is 2. The lowest BCUT2D eigenvalue weighted by molar-refractivity contribution is -0.137. The zero-order valence-corrected chi connectivity index (χ0v) is 17.7. The summed E-state index contributed by atoms with van der Waals surface area (Å²) >= 11 is 6.72. The van der Waals surface area contributed by atoms with E-state index in [0.717, 1.165) is 44.8 Å². The number of amides is 1. The summed E-state index contributed by atoms with van der Waals surface area (Å²) in [6.45, 7) is 5.10. The highest BCUT2D eigenvalue weighted by Crippen LogP contribution is 2.32. The fourth-order valence-electron chi connectivity index (χ4n) is 3.04. The van der Waals surface area contributed by atoms with E-state index in [1.807, 2.05) is 18.2 Å². The number of carboxylic acids is 1. The summed E-state index contributed by atoms with van der Waals surface area (Å²) in [4.78, 5) is 27.9. The van der Waals surface area contributed by atoms with Crippen LogP contribution < -0.4 is 4.74 Å². The van der Waals surface area contributed by atoms with Crippen LogP contribution >= 0.6 is 24.0 Å². The number of carbonyl (C=O) groups excluding carboxylic acids is 1. The molecule has 1 N–H and O–H groups in total. The maximum atomic E-state index is 12.7. The van der Waals surface area contributed by atoms with Crippen molar-refractivity contribution >= 4 is 46.3 Å². The Kier molecular flexibility index (Phi) is 8.05. The average molecular weight is 437 g/mol. The highest BCUT2D eigenvalue weighted by atomic mass is 32.2. The molecule has 29 heavy (non-hydrogen) atoms. The van der Waals surface area contributed by atoms with Gasteiger partial charge in [-0.3, -0.25) is 19.4 Å². The molecule has 3 rings (SSSR count). The van der Waals surface area contributed by atoms with Crippen LogP contribution in [0.2, 0.25) is 0 Å². The molecule has 2 aliphatic heterocycles. The number of hydrogen-bond acceptors (Lipinski definition) is 7. The van der Waals surface area contributed by atoms with Gasteiger partial charge in [0.2, 0.25) is 0 Å². The third-order valence-corrected chi connectivity index (χ3v) is 5.97. The summed E-state index contributed by atoms with van der Waals surface area (Å²) < 4.78 is 11.3. The number of benzene rings is 1. The number of thioether (sulfide) groups is 1. The Hall–Kier alpha value is -1.94. The van der Waals surface area contributed by atoms with E-state index in [2.05, 4.69) is 4.90 Å². The average Bonchev–Trinajstić information content (AvgIpc) is 2.97. The van der Waals surface area contributed by atoms with Gasteiger partial charge in [0, 0.05) is 26.2 Å². The Morgan fingerprint density at radius 3 is 2.66 bits per heavy atom. The van der Waals surface area contributed by atoms with Crippen LogP contribution in [0.5, 0.6) is 5.75 Å². The highest BCUT2D eigenvalue weighted by molar-refractivity contribution is 8.26. The highest BCUT2D eigenvalue weighted by Gasteiger charge is 2.31. The van der Waals surface area contributed by atoms with Crippen LogP contribution in [0.15, 0.2) is 29.2 Å². The fourth-order valence-corrected chi connectivity index (χ4v) is 4.35. The summed E-state index contributed by atoms with van der Waals surface area (Å²) in [6.07, 6.45) is 2.65. The molecule has 1 aromatic rings. The van der Waals surface area contributed by atoms with Gasteiger partial charge in [-0.05, 0) is 30.2 Å². The van der Waals surface area contributed by atoms with Gasteiger partial charge in [0.1, 0.15) is 10.1 Å². The molecule has 2 aliphatic rings. The van der Waals surface area contributed by atoms with E-state index in [1.165, 1.54) is 11.8 Å². The predicted molar refractivity (Wildman–Crippen MR) is 116 cm³/mol. The van der Waals surface area contributed by atoms with Gasteiger partial charge in [0.15, 0.2) is 0 Å². The lowest BCUT2D eigenvalue weighted by atomic mass is 10.2. The smallest absolute Gasteiger partial charge is 0.306 e. The summed E-state index contributed by atoms with van der Waals surface area (Å²) in [5.74, 6) is -0.351. The number of aliphatic carboxylic acids is 1. The van der Waals surface area contributed by atoms with Crippen LogP contribution in [-0.4, -0.2) is 77.1 Å². The molecule has 0 aromatic heterocycles. The van der Waals surface area contributed by atoms with Gasteiger partial charge in [-0.1, -0.05) is 36.1 Å². The first kappa shape index (κ1) is 21.8. The Labute approximate surface area is 179 Å². The van der Waals surface area contributed by atoms with Crippen molar-refractivity contribution in [1.29, 1.82) is 0 Å². The van der Waals surface area contributed by atoms with Gasteiger partial charge in [-0.25, -0.2) is 0 Å². The molecule has 7 nitrogen and oxygen atoms in total. The molecule has 9 heteroatoms. The zero-order chi connectivity index (χ0) is 20.6. The second kappa shape index (κ2) is 10.7. The molecule has 1 amide bonds. The van der Waals surface area contributed by atoms with Crippen LogP contribution in [0.25, 0.3) is 6.08 Å². The van der Waals surface area contributed by atoms with Crippen LogP contribution in [0, 0.1) is 0 Å². The number of carboxylic acid groups (broad SMARTS) is 1. The van der Waals surface area contributed by atoms with Crippen LogP contribution in [0.4, 0.5) is 0 Å². The van der Waals surface area contributed by atoms with Crippen molar-refractivity contribution in [3.8, 4) is 5.75 Å². The van der Waals surface area contributed by atoms with Crippen molar-refractivity contribution in [2.45, 2.75) is 12.8 Å². The fraction of sp³-hybridized carbons (Fsp3) is 0.450. The molecule has 0 unspecified atom stereocenters. The minimum atomic E-state index is -0.895. The van der Waals surface area contributed by atoms with E-state index in [9.17, 15) is 9.59 Å². The van der Waals surface area contributed by atoms with Gasteiger partial charge in [0.05, 0.1) is 31.1 Å². The lowest BCUT2D eigenvalue weighted by Gasteiger charge is -2.27. The van der Waals surface area contributed by atoms with Crippen molar-refractivity contribution < 1.29 is 24.2 Å². The third-order valence-electron chi connectivity index (χ3n) is 4.60. The van der Waals surface area contributed by atoms with Crippen molar-refractivity contribution in [3.05, 3.63) is 34.7 Å².